The van der Waals surface area contributed by atoms with E-state index in [1.807, 2.05) is 36.4 Å². The number of ether oxygens (including phenoxy) is 1. The van der Waals surface area contributed by atoms with Crippen LogP contribution in [0.15, 0.2) is 47.6 Å². The van der Waals surface area contributed by atoms with E-state index >= 15 is 0 Å². The monoisotopic (exact) mass is 394 g/mol. The molecule has 3 rings (SSSR count). The van der Waals surface area contributed by atoms with E-state index in [9.17, 15) is 0 Å². The molecule has 2 aromatic carbocycles. The van der Waals surface area contributed by atoms with Crippen LogP contribution in [0.5, 0.6) is 5.75 Å². The maximum Gasteiger partial charge on any atom is 0.210 e. The van der Waals surface area contributed by atoms with Crippen molar-refractivity contribution < 1.29 is 4.74 Å². The van der Waals surface area contributed by atoms with Gasteiger partial charge in [0.05, 0.1) is 17.2 Å². The average Bonchev–Trinajstić information content (AvgIpc) is 2.97. The van der Waals surface area contributed by atoms with E-state index in [0.717, 1.165) is 16.9 Å². The first kappa shape index (κ1) is 17.9. The lowest BCUT2D eigenvalue weighted by molar-refractivity contribution is 0.414. The van der Waals surface area contributed by atoms with Gasteiger partial charge in [0.25, 0.3) is 0 Å². The minimum absolute atomic E-state index is 0.536. The Balaban J connectivity index is 1.66. The molecule has 3 aromatic rings. The lowest BCUT2D eigenvalue weighted by Gasteiger charge is -2.05. The molecule has 2 N–H and O–H groups in total. The van der Waals surface area contributed by atoms with Gasteiger partial charge in [0.15, 0.2) is 5.82 Å². The third kappa shape index (κ3) is 4.39. The highest BCUT2D eigenvalue weighted by Crippen LogP contribution is 2.27. The van der Waals surface area contributed by atoms with Crippen LogP contribution in [0.3, 0.4) is 0 Å². The molecule has 5 nitrogen and oxygen atoms in total. The van der Waals surface area contributed by atoms with Gasteiger partial charge in [-0.3, -0.25) is 0 Å². The van der Waals surface area contributed by atoms with Crippen molar-refractivity contribution in [3.8, 4) is 5.75 Å². The molecule has 0 atom stereocenters. The van der Waals surface area contributed by atoms with Crippen molar-refractivity contribution in [1.29, 1.82) is 0 Å². The van der Waals surface area contributed by atoms with Gasteiger partial charge in [0.2, 0.25) is 5.16 Å². The first-order valence-corrected chi connectivity index (χ1v) is 9.20. The standard InChI is InChI=1S/C17H16Cl2N4OS/c1-24-13-5-2-11(3-6-13)9-16-21-22-17(23(16)20)25-10-12-4-7-14(18)15(19)8-12/h2-8H,9-10,20H2,1H3. The predicted molar refractivity (Wildman–Crippen MR) is 102 cm³/mol. The number of methoxy groups -OCH3 is 1. The first-order valence-electron chi connectivity index (χ1n) is 7.46. The van der Waals surface area contributed by atoms with Gasteiger partial charge in [-0.15, -0.1) is 10.2 Å². The average molecular weight is 395 g/mol. The van der Waals surface area contributed by atoms with Crippen molar-refractivity contribution in [2.75, 3.05) is 13.0 Å². The Morgan fingerprint density at radius 1 is 1.04 bits per heavy atom. The lowest BCUT2D eigenvalue weighted by atomic mass is 10.1. The summed E-state index contributed by atoms with van der Waals surface area (Å²) >= 11 is 13.5. The molecule has 0 bridgehead atoms. The Labute approximate surface area is 160 Å². The molecule has 0 fully saturated rings. The van der Waals surface area contributed by atoms with Crippen LogP contribution in [0.2, 0.25) is 10.0 Å². The van der Waals surface area contributed by atoms with Crippen molar-refractivity contribution in [2.24, 2.45) is 0 Å². The molecule has 130 valence electrons. The van der Waals surface area contributed by atoms with E-state index in [-0.39, 0.29) is 0 Å². The van der Waals surface area contributed by atoms with E-state index < -0.39 is 0 Å². The van der Waals surface area contributed by atoms with E-state index in [0.29, 0.717) is 33.2 Å². The van der Waals surface area contributed by atoms with Gasteiger partial charge in [0, 0.05) is 12.2 Å². The van der Waals surface area contributed by atoms with Crippen LogP contribution in [-0.2, 0) is 12.2 Å². The van der Waals surface area contributed by atoms with Crippen LogP contribution in [0.4, 0.5) is 0 Å². The van der Waals surface area contributed by atoms with Gasteiger partial charge in [-0.1, -0.05) is 53.2 Å². The summed E-state index contributed by atoms with van der Waals surface area (Å²) in [6, 6.07) is 13.3. The summed E-state index contributed by atoms with van der Waals surface area (Å²) in [4.78, 5) is 0. The SMILES string of the molecule is COc1ccc(Cc2nnc(SCc3ccc(Cl)c(Cl)c3)n2N)cc1. The van der Waals surface area contributed by atoms with Gasteiger partial charge in [-0.05, 0) is 35.4 Å². The predicted octanol–water partition coefficient (Wildman–Crippen LogP) is 4.19. The van der Waals surface area contributed by atoms with Gasteiger partial charge in [-0.25, -0.2) is 4.68 Å². The highest BCUT2D eigenvalue weighted by Gasteiger charge is 2.11. The normalized spacial score (nSPS) is 10.8. The zero-order valence-corrected chi connectivity index (χ0v) is 15.8. The van der Waals surface area contributed by atoms with Crippen molar-refractivity contribution in [1.82, 2.24) is 14.9 Å². The van der Waals surface area contributed by atoms with Crippen molar-refractivity contribution in [3.05, 3.63) is 69.5 Å². The molecule has 0 unspecified atom stereocenters. The summed E-state index contributed by atoms with van der Waals surface area (Å²) in [5, 5.41) is 10.1. The summed E-state index contributed by atoms with van der Waals surface area (Å²) < 4.78 is 6.68. The number of thioether (sulfide) groups is 1. The minimum atomic E-state index is 0.536. The summed E-state index contributed by atoms with van der Waals surface area (Å²) in [6.45, 7) is 0. The van der Waals surface area contributed by atoms with E-state index in [4.69, 9.17) is 33.8 Å². The number of hydrogen-bond donors (Lipinski definition) is 1. The van der Waals surface area contributed by atoms with Crippen LogP contribution in [-0.4, -0.2) is 22.0 Å². The molecule has 1 heterocycles. The number of nitrogens with zero attached hydrogens (tertiary/aromatic N) is 3. The quantitative estimate of drug-likeness (QED) is 0.501. The zero-order valence-electron chi connectivity index (χ0n) is 13.4. The molecule has 0 radical (unpaired) electrons. The number of nitrogen functional groups attached to an aromatic ring is 1. The number of hydrogen-bond acceptors (Lipinski definition) is 5. The van der Waals surface area contributed by atoms with Crippen LogP contribution in [0, 0.1) is 0 Å². The first-order chi connectivity index (χ1) is 12.1. The Hall–Kier alpha value is -1.89. The fourth-order valence-corrected chi connectivity index (χ4v) is 3.37. The molecular formula is C17H16Cl2N4OS. The second-order valence-electron chi connectivity index (χ2n) is 5.33. The van der Waals surface area contributed by atoms with Crippen LogP contribution >= 0.6 is 35.0 Å². The van der Waals surface area contributed by atoms with E-state index in [1.54, 1.807) is 13.2 Å². The molecule has 0 spiro atoms. The molecule has 0 aliphatic carbocycles. The van der Waals surface area contributed by atoms with Crippen LogP contribution in [0.1, 0.15) is 17.0 Å². The Bertz CT molecular complexity index is 868. The lowest BCUT2D eigenvalue weighted by Crippen LogP contribution is -2.14. The largest absolute Gasteiger partial charge is 0.497 e. The zero-order chi connectivity index (χ0) is 17.8. The summed E-state index contributed by atoms with van der Waals surface area (Å²) in [5.41, 5.74) is 2.13. The molecule has 0 amide bonds. The Kier molecular flexibility index (Phi) is 5.73. The summed E-state index contributed by atoms with van der Waals surface area (Å²) in [6.07, 6.45) is 0.598. The Morgan fingerprint density at radius 2 is 1.76 bits per heavy atom. The molecule has 0 saturated carbocycles. The fourth-order valence-electron chi connectivity index (χ4n) is 2.23. The van der Waals surface area contributed by atoms with Gasteiger partial charge in [0.1, 0.15) is 5.75 Å². The highest BCUT2D eigenvalue weighted by molar-refractivity contribution is 7.98. The van der Waals surface area contributed by atoms with Gasteiger partial charge in [-0.2, -0.15) is 0 Å². The maximum atomic E-state index is 6.12. The highest BCUT2D eigenvalue weighted by atomic mass is 35.5. The number of benzene rings is 2. The van der Waals surface area contributed by atoms with Crippen molar-refractivity contribution >= 4 is 35.0 Å². The summed E-state index contributed by atoms with van der Waals surface area (Å²) in [7, 11) is 1.64. The molecule has 0 aliphatic rings. The van der Waals surface area contributed by atoms with E-state index in [2.05, 4.69) is 10.2 Å². The molecule has 25 heavy (non-hydrogen) atoms. The van der Waals surface area contributed by atoms with Crippen molar-refractivity contribution in [2.45, 2.75) is 17.3 Å². The second-order valence-corrected chi connectivity index (χ2v) is 7.09. The Morgan fingerprint density at radius 3 is 2.44 bits per heavy atom. The maximum absolute atomic E-state index is 6.12. The molecule has 8 heteroatoms. The van der Waals surface area contributed by atoms with Crippen LogP contribution < -0.4 is 10.6 Å². The van der Waals surface area contributed by atoms with E-state index in [1.165, 1.54) is 16.4 Å². The minimum Gasteiger partial charge on any atom is -0.497 e. The molecular weight excluding hydrogens is 379 g/mol. The van der Waals surface area contributed by atoms with Crippen molar-refractivity contribution in [3.63, 3.8) is 0 Å². The number of nitrogens with two attached hydrogens (primary N) is 1. The molecule has 0 aliphatic heterocycles. The number of halogens is 2. The topological polar surface area (TPSA) is 66.0 Å². The fraction of sp³-hybridized carbons (Fsp3) is 0.176. The van der Waals surface area contributed by atoms with Crippen LogP contribution in [0.25, 0.3) is 0 Å². The number of aromatic nitrogens is 3. The third-order valence-corrected chi connectivity index (χ3v) is 5.36. The molecule has 1 aromatic heterocycles. The summed E-state index contributed by atoms with van der Waals surface area (Å²) in [5.74, 6) is 8.31. The smallest absolute Gasteiger partial charge is 0.210 e. The molecule has 0 saturated heterocycles. The number of rotatable bonds is 6. The second kappa shape index (κ2) is 7.99. The van der Waals surface area contributed by atoms with Gasteiger partial charge >= 0.3 is 0 Å². The van der Waals surface area contributed by atoms with Gasteiger partial charge < -0.3 is 10.6 Å². The third-order valence-electron chi connectivity index (χ3n) is 3.61.